The number of likely N-dealkylation sites (tertiary alicyclic amines) is 1. The molecule has 192 valence electrons. The number of hydrogen-bond donors (Lipinski definition) is 4. The summed E-state index contributed by atoms with van der Waals surface area (Å²) in [6.45, 7) is 2.60. The van der Waals surface area contributed by atoms with Gasteiger partial charge in [0.1, 0.15) is 18.3 Å². The van der Waals surface area contributed by atoms with Gasteiger partial charge in [0.05, 0.1) is 12.4 Å². The Kier molecular flexibility index (Phi) is 7.04. The van der Waals surface area contributed by atoms with Gasteiger partial charge in [-0.3, -0.25) is 15.0 Å². The van der Waals surface area contributed by atoms with E-state index in [-0.39, 0.29) is 30.6 Å². The Morgan fingerprint density at radius 2 is 2.08 bits per heavy atom. The Morgan fingerprint density at radius 3 is 2.72 bits per heavy atom. The number of amides is 2. The maximum absolute atomic E-state index is 14.9. The Hall–Kier alpha value is -3.83. The van der Waals surface area contributed by atoms with Gasteiger partial charge < -0.3 is 26.0 Å². The van der Waals surface area contributed by atoms with Crippen molar-refractivity contribution in [3.8, 4) is 5.75 Å². The van der Waals surface area contributed by atoms with E-state index in [9.17, 15) is 18.4 Å². The Balaban J connectivity index is 1.41. The molecule has 5 N–H and O–H groups in total. The van der Waals surface area contributed by atoms with E-state index in [2.05, 4.69) is 20.6 Å². The minimum absolute atomic E-state index is 0.00274. The Labute approximate surface area is 207 Å². The van der Waals surface area contributed by atoms with Gasteiger partial charge in [-0.25, -0.2) is 18.8 Å². The normalized spacial score (nSPS) is 21.6. The van der Waals surface area contributed by atoms with Gasteiger partial charge >= 0.3 is 5.92 Å². The first-order chi connectivity index (χ1) is 17.0. The second-order valence-electron chi connectivity index (χ2n) is 9.16. The molecule has 0 aromatic heterocycles. The molecule has 1 aliphatic carbocycles. The van der Waals surface area contributed by atoms with E-state index in [1.165, 1.54) is 6.92 Å². The van der Waals surface area contributed by atoms with Crippen LogP contribution in [0.4, 0.5) is 8.78 Å². The van der Waals surface area contributed by atoms with Crippen molar-refractivity contribution in [2.24, 2.45) is 21.6 Å². The van der Waals surface area contributed by atoms with Crippen molar-refractivity contribution in [1.82, 2.24) is 15.5 Å². The fourth-order valence-electron chi connectivity index (χ4n) is 3.99. The van der Waals surface area contributed by atoms with E-state index < -0.39 is 30.3 Å². The van der Waals surface area contributed by atoms with Crippen LogP contribution >= 0.6 is 0 Å². The molecule has 3 aliphatic rings. The lowest BCUT2D eigenvalue weighted by molar-refractivity contribution is -0.155. The number of benzene rings is 1. The van der Waals surface area contributed by atoms with Crippen LogP contribution in [0.1, 0.15) is 37.3 Å². The van der Waals surface area contributed by atoms with Crippen LogP contribution in [0.25, 0.3) is 5.70 Å². The predicted octanol–water partition coefficient (Wildman–Crippen LogP) is 1.79. The van der Waals surface area contributed by atoms with Gasteiger partial charge in [0, 0.05) is 30.7 Å². The van der Waals surface area contributed by atoms with Crippen molar-refractivity contribution < 1.29 is 23.1 Å². The van der Waals surface area contributed by atoms with Gasteiger partial charge in [-0.05, 0) is 56.0 Å². The number of aliphatic imine (C=N–C) groups is 2. The average molecular weight is 502 g/mol. The summed E-state index contributed by atoms with van der Waals surface area (Å²) in [7, 11) is 0. The average Bonchev–Trinajstić information content (AvgIpc) is 3.66. The van der Waals surface area contributed by atoms with Crippen molar-refractivity contribution in [3.05, 3.63) is 35.4 Å². The molecule has 2 heterocycles. The number of aryl methyl sites for hydroxylation is 1. The van der Waals surface area contributed by atoms with E-state index in [1.54, 1.807) is 25.1 Å². The summed E-state index contributed by atoms with van der Waals surface area (Å²) in [6.07, 6.45) is 2.01. The van der Waals surface area contributed by atoms with E-state index in [0.29, 0.717) is 23.8 Å². The lowest BCUT2D eigenvalue weighted by Crippen LogP contribution is -2.56. The molecular weight excluding hydrogens is 472 g/mol. The zero-order chi connectivity index (χ0) is 26.0. The predicted molar refractivity (Wildman–Crippen MR) is 131 cm³/mol. The molecular formula is C24H29F2N7O3. The number of rotatable bonds is 4. The molecule has 2 amide bonds. The van der Waals surface area contributed by atoms with Crippen LogP contribution in [-0.4, -0.2) is 66.0 Å². The molecule has 1 atom stereocenters. The molecule has 36 heavy (non-hydrogen) atoms. The topological polar surface area (TPSA) is 145 Å². The van der Waals surface area contributed by atoms with Crippen molar-refractivity contribution in [2.75, 3.05) is 19.8 Å². The fourth-order valence-corrected chi connectivity index (χ4v) is 3.99. The molecule has 2 aliphatic heterocycles. The fraction of sp³-hybridized carbons (Fsp3) is 0.458. The molecule has 1 saturated carbocycles. The summed E-state index contributed by atoms with van der Waals surface area (Å²) in [5.74, 6) is -4.06. The summed E-state index contributed by atoms with van der Waals surface area (Å²) < 4.78 is 35.5. The van der Waals surface area contributed by atoms with Gasteiger partial charge in [-0.1, -0.05) is 0 Å². The number of nitrogens with two attached hydrogens (primary N) is 1. The number of ether oxygens (including phenoxy) is 1. The third-order valence-electron chi connectivity index (χ3n) is 6.07. The number of carbonyl (C=O) groups is 2. The van der Waals surface area contributed by atoms with E-state index in [4.69, 9.17) is 15.9 Å². The number of halogens is 2. The quantitative estimate of drug-likeness (QED) is 0.367. The molecule has 12 heteroatoms. The third kappa shape index (κ3) is 5.86. The van der Waals surface area contributed by atoms with E-state index in [0.717, 1.165) is 29.0 Å². The van der Waals surface area contributed by atoms with E-state index in [1.807, 2.05) is 6.07 Å². The molecule has 0 unspecified atom stereocenters. The van der Waals surface area contributed by atoms with Gasteiger partial charge in [0.2, 0.25) is 11.7 Å². The summed E-state index contributed by atoms with van der Waals surface area (Å²) in [5.41, 5.74) is 7.58. The molecule has 1 saturated heterocycles. The number of alkyl halides is 2. The summed E-state index contributed by atoms with van der Waals surface area (Å²) >= 11 is 0. The first-order valence-electron chi connectivity index (χ1n) is 11.7. The van der Waals surface area contributed by atoms with Gasteiger partial charge in [0.25, 0.3) is 5.91 Å². The lowest BCUT2D eigenvalue weighted by Gasteiger charge is -2.38. The highest BCUT2D eigenvalue weighted by Crippen LogP contribution is 2.33. The van der Waals surface area contributed by atoms with Crippen molar-refractivity contribution in [3.63, 3.8) is 0 Å². The maximum atomic E-state index is 14.9. The first kappa shape index (κ1) is 25.3. The maximum Gasteiger partial charge on any atom is 0.301 e. The monoisotopic (exact) mass is 501 g/mol. The van der Waals surface area contributed by atoms with Crippen LogP contribution in [-0.2, 0) is 9.59 Å². The van der Waals surface area contributed by atoms with Crippen LogP contribution in [0.5, 0.6) is 5.75 Å². The van der Waals surface area contributed by atoms with E-state index >= 15 is 0 Å². The zero-order valence-electron chi connectivity index (χ0n) is 20.1. The number of hydrogen-bond acceptors (Lipinski definition) is 6. The molecule has 10 nitrogen and oxygen atoms in total. The van der Waals surface area contributed by atoms with Crippen LogP contribution in [0.3, 0.4) is 0 Å². The summed E-state index contributed by atoms with van der Waals surface area (Å²) in [4.78, 5) is 33.0. The van der Waals surface area contributed by atoms with Gasteiger partial charge in [0.15, 0.2) is 6.10 Å². The zero-order valence-corrected chi connectivity index (χ0v) is 20.1. The smallest absolute Gasteiger partial charge is 0.301 e. The second-order valence-corrected chi connectivity index (χ2v) is 9.16. The largest absolute Gasteiger partial charge is 0.484 e. The highest BCUT2D eigenvalue weighted by Gasteiger charge is 2.48. The second kappa shape index (κ2) is 10.0. The lowest BCUT2D eigenvalue weighted by atomic mass is 10.0. The van der Waals surface area contributed by atoms with Crippen molar-refractivity contribution in [1.29, 1.82) is 5.41 Å². The Morgan fingerprint density at radius 1 is 1.33 bits per heavy atom. The highest BCUT2D eigenvalue weighted by molar-refractivity contribution is 6.38. The van der Waals surface area contributed by atoms with Crippen molar-refractivity contribution >= 4 is 35.0 Å². The standard InChI is InChI=1S/C24H29F2N7O3/c1-13-9-16(17-10-20(30-12-29-17)32-22(34)15-3-4-15)5-6-18(13)36-19-7-8-33(11-24(19,25)26)23(35)21(28)31-14(2)27/h5-6,9-10,15,19,29H,3-4,7-8,11-12H2,1-2H3,(H3,27,28,31)(H,30,32,34)/t19-/m0/s1. The van der Waals surface area contributed by atoms with Crippen LogP contribution in [0, 0.1) is 18.3 Å². The SMILES string of the molecule is CC(N)=NC(=N)C(=O)N1CC[C@H](Oc2ccc(C3=CC(NC(=O)C4CC4)=NCN3)cc2C)C(F)(F)C1. The van der Waals surface area contributed by atoms with Crippen LogP contribution in [0.2, 0.25) is 0 Å². The molecule has 0 spiro atoms. The third-order valence-corrected chi connectivity index (χ3v) is 6.07. The minimum atomic E-state index is -3.32. The number of amidine groups is 3. The number of nitrogens with one attached hydrogen (secondary N) is 3. The Bertz CT molecular complexity index is 1170. The van der Waals surface area contributed by atoms with Crippen LogP contribution < -0.4 is 21.1 Å². The number of nitrogens with zero attached hydrogens (tertiary/aromatic N) is 3. The summed E-state index contributed by atoms with van der Waals surface area (Å²) in [5, 5.41) is 13.6. The molecule has 0 bridgehead atoms. The number of piperidine rings is 1. The van der Waals surface area contributed by atoms with Gasteiger partial charge in [-0.2, -0.15) is 0 Å². The van der Waals surface area contributed by atoms with Crippen LogP contribution in [0.15, 0.2) is 34.3 Å². The molecule has 1 aromatic carbocycles. The minimum Gasteiger partial charge on any atom is -0.484 e. The molecule has 1 aromatic rings. The van der Waals surface area contributed by atoms with Crippen molar-refractivity contribution in [2.45, 2.75) is 45.1 Å². The first-order valence-corrected chi connectivity index (χ1v) is 11.7. The number of carbonyl (C=O) groups excluding carboxylic acids is 2. The summed E-state index contributed by atoms with van der Waals surface area (Å²) in [6, 6.07) is 5.19. The molecule has 0 radical (unpaired) electrons. The molecule has 4 rings (SSSR count). The van der Waals surface area contributed by atoms with Gasteiger partial charge in [-0.15, -0.1) is 0 Å². The highest BCUT2D eigenvalue weighted by atomic mass is 19.3. The molecule has 2 fully saturated rings.